The maximum atomic E-state index is 12.6. The van der Waals surface area contributed by atoms with E-state index in [2.05, 4.69) is 22.4 Å². The van der Waals surface area contributed by atoms with Crippen molar-refractivity contribution in [3.63, 3.8) is 0 Å². The minimum Gasteiger partial charge on any atom is -0.497 e. The number of aromatic nitrogens is 2. The van der Waals surface area contributed by atoms with Gasteiger partial charge in [-0.1, -0.05) is 36.8 Å². The van der Waals surface area contributed by atoms with Gasteiger partial charge in [0.2, 0.25) is 5.13 Å². The lowest BCUT2D eigenvalue weighted by Crippen LogP contribution is -2.13. The van der Waals surface area contributed by atoms with Crippen molar-refractivity contribution in [2.24, 2.45) is 0 Å². The van der Waals surface area contributed by atoms with Gasteiger partial charge in [0.1, 0.15) is 41.4 Å². The molecule has 0 bridgehead atoms. The van der Waals surface area contributed by atoms with Gasteiger partial charge < -0.3 is 18.9 Å². The van der Waals surface area contributed by atoms with Crippen molar-refractivity contribution in [2.75, 3.05) is 32.2 Å². The van der Waals surface area contributed by atoms with Crippen LogP contribution in [0, 0.1) is 11.3 Å². The van der Waals surface area contributed by atoms with Crippen LogP contribution in [0.25, 0.3) is 6.08 Å². The molecular weight excluding hydrogens is 492 g/mol. The molecule has 10 heteroatoms. The van der Waals surface area contributed by atoms with E-state index in [0.29, 0.717) is 53.5 Å². The number of methoxy groups -OCH3 is 1. The molecule has 9 nitrogen and oxygen atoms in total. The van der Waals surface area contributed by atoms with E-state index in [1.807, 2.05) is 31.2 Å². The monoisotopic (exact) mass is 522 g/mol. The molecule has 0 saturated heterocycles. The van der Waals surface area contributed by atoms with Crippen molar-refractivity contribution in [2.45, 2.75) is 33.1 Å². The number of rotatable bonds is 14. The van der Waals surface area contributed by atoms with Crippen molar-refractivity contribution in [1.82, 2.24) is 10.2 Å². The average molecular weight is 523 g/mol. The lowest BCUT2D eigenvalue weighted by Gasteiger charge is -2.13. The quantitative estimate of drug-likeness (QED) is 0.172. The molecule has 0 saturated carbocycles. The number of nitrogens with one attached hydrogen (secondary N) is 1. The third-order valence-corrected chi connectivity index (χ3v) is 5.92. The molecule has 1 N–H and O–H groups in total. The fraction of sp³-hybridized carbons (Fsp3) is 0.333. The van der Waals surface area contributed by atoms with Crippen molar-refractivity contribution in [3.8, 4) is 29.1 Å². The number of benzene rings is 2. The fourth-order valence-electron chi connectivity index (χ4n) is 3.22. The van der Waals surface area contributed by atoms with Crippen LogP contribution in [0.2, 0.25) is 0 Å². The Morgan fingerprint density at radius 2 is 1.86 bits per heavy atom. The molecule has 0 radical (unpaired) electrons. The van der Waals surface area contributed by atoms with E-state index in [-0.39, 0.29) is 5.57 Å². The lowest BCUT2D eigenvalue weighted by atomic mass is 10.1. The molecule has 0 aliphatic heterocycles. The second-order valence-corrected chi connectivity index (χ2v) is 8.81. The zero-order chi connectivity index (χ0) is 26.5. The number of unbranched alkanes of at least 4 members (excludes halogenated alkanes) is 1. The normalized spacial score (nSPS) is 10.9. The number of nitriles is 1. The Bertz CT molecular complexity index is 1250. The molecule has 0 aliphatic rings. The van der Waals surface area contributed by atoms with Crippen LogP contribution in [0.1, 0.15) is 37.3 Å². The molecule has 1 heterocycles. The molecule has 1 aromatic heterocycles. The Morgan fingerprint density at radius 1 is 1.05 bits per heavy atom. The first-order valence-electron chi connectivity index (χ1n) is 12.0. The Morgan fingerprint density at radius 3 is 2.62 bits per heavy atom. The van der Waals surface area contributed by atoms with Gasteiger partial charge in [0, 0.05) is 12.5 Å². The van der Waals surface area contributed by atoms with Crippen LogP contribution < -0.4 is 24.3 Å². The predicted molar refractivity (Wildman–Crippen MR) is 142 cm³/mol. The summed E-state index contributed by atoms with van der Waals surface area (Å²) in [4.78, 5) is 12.6. The molecule has 194 valence electrons. The van der Waals surface area contributed by atoms with Crippen LogP contribution in [-0.2, 0) is 11.2 Å². The Labute approximate surface area is 220 Å². The van der Waals surface area contributed by atoms with Crippen LogP contribution in [0.4, 0.5) is 5.13 Å². The fourth-order valence-corrected chi connectivity index (χ4v) is 3.99. The smallest absolute Gasteiger partial charge is 0.268 e. The molecule has 3 aromatic rings. The summed E-state index contributed by atoms with van der Waals surface area (Å²) in [6, 6.07) is 14.5. The molecule has 3 rings (SSSR count). The van der Waals surface area contributed by atoms with E-state index in [1.54, 1.807) is 31.4 Å². The van der Waals surface area contributed by atoms with E-state index in [1.165, 1.54) is 17.4 Å². The van der Waals surface area contributed by atoms with Gasteiger partial charge in [0.25, 0.3) is 5.91 Å². The standard InChI is InChI=1S/C27H30N4O5S/c1-4-6-10-25-30-31-27(37-25)29-26(32)20(18-28)15-19-11-12-23(24(16-19)34-5-2)36-14-13-35-22-9-7-8-21(17-22)33-3/h7-9,11-12,15-17H,4-6,10,13-14H2,1-3H3,(H,29,31,32)/b20-15-. The van der Waals surface area contributed by atoms with E-state index in [0.717, 1.165) is 24.3 Å². The van der Waals surface area contributed by atoms with E-state index >= 15 is 0 Å². The maximum absolute atomic E-state index is 12.6. The SMILES string of the molecule is CCCCc1nnc(NC(=O)/C(C#N)=C\c2ccc(OCCOc3cccc(OC)c3)c(OCC)c2)s1. The van der Waals surface area contributed by atoms with Crippen LogP contribution >= 0.6 is 11.3 Å². The number of nitrogens with zero attached hydrogens (tertiary/aromatic N) is 3. The van der Waals surface area contributed by atoms with Gasteiger partial charge in [-0.25, -0.2) is 0 Å². The molecule has 0 aliphatic carbocycles. The summed E-state index contributed by atoms with van der Waals surface area (Å²) in [5, 5.41) is 21.5. The zero-order valence-electron chi connectivity index (χ0n) is 21.2. The predicted octanol–water partition coefficient (Wildman–Crippen LogP) is 5.29. The van der Waals surface area contributed by atoms with Crippen molar-refractivity contribution >= 4 is 28.5 Å². The Hall–Kier alpha value is -4.10. The summed E-state index contributed by atoms with van der Waals surface area (Å²) in [7, 11) is 1.60. The minimum absolute atomic E-state index is 0.0619. The summed E-state index contributed by atoms with van der Waals surface area (Å²) < 4.78 is 22.5. The largest absolute Gasteiger partial charge is 0.497 e. The van der Waals surface area contributed by atoms with E-state index in [9.17, 15) is 10.1 Å². The van der Waals surface area contributed by atoms with Crippen LogP contribution in [0.3, 0.4) is 0 Å². The van der Waals surface area contributed by atoms with Crippen LogP contribution in [-0.4, -0.2) is 43.0 Å². The number of hydrogen-bond donors (Lipinski definition) is 1. The summed E-state index contributed by atoms with van der Waals surface area (Å²) in [5.41, 5.74) is 0.559. The third-order valence-electron chi connectivity index (χ3n) is 5.03. The minimum atomic E-state index is -0.548. The first kappa shape index (κ1) is 27.5. The van der Waals surface area contributed by atoms with Gasteiger partial charge >= 0.3 is 0 Å². The van der Waals surface area contributed by atoms with E-state index in [4.69, 9.17) is 18.9 Å². The van der Waals surface area contributed by atoms with Gasteiger partial charge in [-0.2, -0.15) is 5.26 Å². The first-order valence-corrected chi connectivity index (χ1v) is 12.8. The Kier molecular flexibility index (Phi) is 10.7. The number of ether oxygens (including phenoxy) is 4. The highest BCUT2D eigenvalue weighted by Crippen LogP contribution is 2.30. The summed E-state index contributed by atoms with van der Waals surface area (Å²) in [6.45, 7) is 5.00. The number of carbonyl (C=O) groups excluding carboxylic acids is 1. The second kappa shape index (κ2) is 14.5. The molecule has 2 aromatic carbocycles. The number of aryl methyl sites for hydroxylation is 1. The highest BCUT2D eigenvalue weighted by Gasteiger charge is 2.14. The number of carbonyl (C=O) groups is 1. The topological polar surface area (TPSA) is 116 Å². The molecule has 0 fully saturated rings. The molecule has 37 heavy (non-hydrogen) atoms. The van der Waals surface area contributed by atoms with Gasteiger partial charge in [0.15, 0.2) is 11.5 Å². The van der Waals surface area contributed by atoms with Crippen LogP contribution in [0.15, 0.2) is 48.0 Å². The molecule has 0 spiro atoms. The average Bonchev–Trinajstić information content (AvgIpc) is 3.36. The maximum Gasteiger partial charge on any atom is 0.268 e. The molecule has 1 amide bonds. The van der Waals surface area contributed by atoms with Gasteiger partial charge in [-0.3, -0.25) is 10.1 Å². The lowest BCUT2D eigenvalue weighted by molar-refractivity contribution is -0.112. The summed E-state index contributed by atoms with van der Waals surface area (Å²) >= 11 is 1.31. The Balaban J connectivity index is 1.63. The van der Waals surface area contributed by atoms with Crippen molar-refractivity contribution < 1.29 is 23.7 Å². The van der Waals surface area contributed by atoms with Crippen molar-refractivity contribution in [1.29, 1.82) is 5.26 Å². The van der Waals surface area contributed by atoms with Gasteiger partial charge in [-0.15, -0.1) is 10.2 Å². The molecule has 0 unspecified atom stereocenters. The second-order valence-electron chi connectivity index (χ2n) is 7.74. The number of anilines is 1. The highest BCUT2D eigenvalue weighted by molar-refractivity contribution is 7.15. The first-order chi connectivity index (χ1) is 18.1. The number of amides is 1. The summed E-state index contributed by atoms with van der Waals surface area (Å²) in [6.07, 6.45) is 4.36. The van der Waals surface area contributed by atoms with Crippen LogP contribution in [0.5, 0.6) is 23.0 Å². The van der Waals surface area contributed by atoms with Crippen molar-refractivity contribution in [3.05, 3.63) is 58.6 Å². The third kappa shape index (κ3) is 8.51. The molecular formula is C27H30N4O5S. The van der Waals surface area contributed by atoms with E-state index < -0.39 is 5.91 Å². The molecule has 0 atom stereocenters. The number of hydrogen-bond acceptors (Lipinski definition) is 9. The van der Waals surface area contributed by atoms with Gasteiger partial charge in [0.05, 0.1) is 13.7 Å². The highest BCUT2D eigenvalue weighted by atomic mass is 32.1. The zero-order valence-corrected chi connectivity index (χ0v) is 22.0. The van der Waals surface area contributed by atoms with Gasteiger partial charge in [-0.05, 0) is 49.2 Å². The summed E-state index contributed by atoms with van der Waals surface area (Å²) in [5.74, 6) is 1.88.